The monoisotopic (exact) mass is 533 g/mol. The number of unbranched alkanes of at least 4 members (excludes halogenated alkanes) is 1. The number of hydrogen-bond donors (Lipinski definition) is 0. The van der Waals surface area contributed by atoms with Gasteiger partial charge in [-0.25, -0.2) is 4.39 Å². The van der Waals surface area contributed by atoms with E-state index in [1.807, 2.05) is 0 Å². The van der Waals surface area contributed by atoms with E-state index in [4.69, 9.17) is 0 Å². The predicted octanol–water partition coefficient (Wildman–Crippen LogP) is 5.63. The van der Waals surface area contributed by atoms with Crippen molar-refractivity contribution in [1.82, 2.24) is 0 Å². The van der Waals surface area contributed by atoms with E-state index in [1.165, 1.54) is 0 Å². The molecule has 0 aliphatic rings. The molecular formula is C12H18F7U-. The molecule has 0 heterocycles. The van der Waals surface area contributed by atoms with Gasteiger partial charge in [-0.1, -0.05) is 6.42 Å². The SMILES string of the molecule is [CH2-]CCCC(CCCC(C)(F)C(F)(F)F)C(F)(F)F.[U]. The first-order chi connectivity index (χ1) is 8.42. The summed E-state index contributed by atoms with van der Waals surface area (Å²) < 4.78 is 87.4. The largest absolute Gasteiger partial charge is 0.422 e. The van der Waals surface area contributed by atoms with E-state index in [2.05, 4.69) is 6.92 Å². The van der Waals surface area contributed by atoms with Crippen LogP contribution in [0.2, 0.25) is 0 Å². The molecule has 0 aliphatic heterocycles. The Morgan fingerprint density at radius 3 is 1.70 bits per heavy atom. The minimum atomic E-state index is -5.05. The first-order valence-electron chi connectivity index (χ1n) is 6.03. The Labute approximate surface area is 138 Å². The molecule has 0 aromatic rings. The minimum absolute atomic E-state index is 0. The molecule has 120 valence electrons. The molecule has 0 N–H and O–H groups in total. The molecule has 2 unspecified atom stereocenters. The van der Waals surface area contributed by atoms with Crippen molar-refractivity contribution in [1.29, 1.82) is 0 Å². The fraction of sp³-hybridized carbons (Fsp3) is 0.917. The molecule has 2 atom stereocenters. The van der Waals surface area contributed by atoms with Crippen LogP contribution in [0.15, 0.2) is 0 Å². The Balaban J connectivity index is 0. The number of halogens is 7. The van der Waals surface area contributed by atoms with E-state index < -0.39 is 43.2 Å². The number of alkyl halides is 7. The zero-order chi connectivity index (χ0) is 15.3. The Bertz CT molecular complexity index is 258. The van der Waals surface area contributed by atoms with Gasteiger partial charge in [0.15, 0.2) is 0 Å². The molecule has 0 bridgehead atoms. The molecule has 8 heteroatoms. The summed E-state index contributed by atoms with van der Waals surface area (Å²) in [5.74, 6) is -1.68. The minimum Gasteiger partial charge on any atom is -0.343 e. The van der Waals surface area contributed by atoms with Crippen molar-refractivity contribution >= 4 is 0 Å². The molecule has 0 spiro atoms. The van der Waals surface area contributed by atoms with Crippen LogP contribution < -0.4 is 0 Å². The van der Waals surface area contributed by atoms with E-state index in [1.54, 1.807) is 0 Å². The van der Waals surface area contributed by atoms with Gasteiger partial charge in [0.1, 0.15) is 0 Å². The molecule has 0 fully saturated rings. The summed E-state index contributed by atoms with van der Waals surface area (Å²) in [4.78, 5) is 0. The van der Waals surface area contributed by atoms with Gasteiger partial charge in [0.05, 0.1) is 5.92 Å². The van der Waals surface area contributed by atoms with Crippen molar-refractivity contribution < 1.29 is 61.8 Å². The standard InChI is InChI=1S/C12H18F7.U/c1-3-4-6-9(11(14,15)16)7-5-8-10(2,13)12(17,18)19;/h9H,1,3-8H2,2H3;/q-1;. The molecule has 0 aliphatic carbocycles. The second kappa shape index (κ2) is 8.87. The van der Waals surface area contributed by atoms with E-state index in [9.17, 15) is 30.7 Å². The maximum atomic E-state index is 13.2. The van der Waals surface area contributed by atoms with Crippen LogP contribution in [0.1, 0.15) is 45.4 Å². The fourth-order valence-electron chi connectivity index (χ4n) is 1.68. The third kappa shape index (κ3) is 8.11. The van der Waals surface area contributed by atoms with E-state index in [0.29, 0.717) is 13.3 Å². The van der Waals surface area contributed by atoms with Crippen LogP contribution in [0.5, 0.6) is 0 Å². The van der Waals surface area contributed by atoms with E-state index in [0.717, 1.165) is 0 Å². The number of hydrogen-bond acceptors (Lipinski definition) is 0. The third-order valence-electron chi connectivity index (χ3n) is 3.06. The van der Waals surface area contributed by atoms with Gasteiger partial charge in [0.25, 0.3) is 0 Å². The van der Waals surface area contributed by atoms with Gasteiger partial charge in [0, 0.05) is 31.1 Å². The maximum Gasteiger partial charge on any atom is 0.422 e. The third-order valence-corrected chi connectivity index (χ3v) is 3.06. The zero-order valence-electron chi connectivity index (χ0n) is 11.2. The summed E-state index contributed by atoms with van der Waals surface area (Å²) in [6.45, 7) is 3.77. The Hall–Kier alpha value is 0.562. The smallest absolute Gasteiger partial charge is 0.343 e. The Kier molecular flexibility index (Phi) is 10.1. The second-order valence-corrected chi connectivity index (χ2v) is 4.82. The van der Waals surface area contributed by atoms with Crippen LogP contribution in [0, 0.1) is 44.0 Å². The molecule has 0 amide bonds. The van der Waals surface area contributed by atoms with Crippen LogP contribution >= 0.6 is 0 Å². The van der Waals surface area contributed by atoms with Crippen molar-refractivity contribution in [2.75, 3.05) is 0 Å². The topological polar surface area (TPSA) is 0 Å². The van der Waals surface area contributed by atoms with Crippen molar-refractivity contribution in [2.45, 2.75) is 63.5 Å². The Morgan fingerprint density at radius 2 is 1.35 bits per heavy atom. The summed E-state index contributed by atoms with van der Waals surface area (Å²) in [5.41, 5.74) is -3.44. The average Bonchev–Trinajstić information content (AvgIpc) is 2.19. The summed E-state index contributed by atoms with van der Waals surface area (Å²) >= 11 is 0. The van der Waals surface area contributed by atoms with Crippen molar-refractivity contribution in [2.24, 2.45) is 5.92 Å². The fourth-order valence-corrected chi connectivity index (χ4v) is 1.68. The molecule has 0 aromatic heterocycles. The predicted molar refractivity (Wildman–Crippen MR) is 58.2 cm³/mol. The van der Waals surface area contributed by atoms with Crippen LogP contribution in [0.3, 0.4) is 0 Å². The Morgan fingerprint density at radius 1 is 0.900 bits per heavy atom. The molecule has 0 saturated heterocycles. The van der Waals surface area contributed by atoms with E-state index >= 15 is 0 Å². The zero-order valence-corrected chi connectivity index (χ0v) is 15.3. The van der Waals surface area contributed by atoms with Crippen LogP contribution in [0.4, 0.5) is 30.7 Å². The molecule has 20 heavy (non-hydrogen) atoms. The van der Waals surface area contributed by atoms with Gasteiger partial charge < -0.3 is 6.92 Å². The van der Waals surface area contributed by atoms with Gasteiger partial charge >= 0.3 is 12.4 Å². The molecule has 0 nitrogen and oxygen atoms in total. The average molecular weight is 533 g/mol. The van der Waals surface area contributed by atoms with Gasteiger partial charge in [-0.05, 0) is 32.6 Å². The van der Waals surface area contributed by atoms with Gasteiger partial charge in [-0.2, -0.15) is 32.8 Å². The molecule has 0 saturated carbocycles. The van der Waals surface area contributed by atoms with Crippen molar-refractivity contribution in [3.8, 4) is 0 Å². The molecule has 0 rings (SSSR count). The summed E-state index contributed by atoms with van der Waals surface area (Å²) in [7, 11) is 0. The van der Waals surface area contributed by atoms with Gasteiger partial charge in [-0.15, -0.1) is 0 Å². The van der Waals surface area contributed by atoms with Crippen LogP contribution in [0.25, 0.3) is 0 Å². The second-order valence-electron chi connectivity index (χ2n) is 4.82. The van der Waals surface area contributed by atoms with Gasteiger partial charge in [0.2, 0.25) is 5.67 Å². The van der Waals surface area contributed by atoms with Crippen LogP contribution in [-0.2, 0) is 0 Å². The maximum absolute atomic E-state index is 13.2. The van der Waals surface area contributed by atoms with Crippen molar-refractivity contribution in [3.63, 3.8) is 0 Å². The number of rotatable bonds is 7. The first kappa shape index (κ1) is 22.8. The first-order valence-corrected chi connectivity index (χ1v) is 6.03. The van der Waals surface area contributed by atoms with Gasteiger partial charge in [-0.3, -0.25) is 0 Å². The molecular weight excluding hydrogens is 515 g/mol. The summed E-state index contributed by atoms with van der Waals surface area (Å²) in [5, 5.41) is 0. The summed E-state index contributed by atoms with van der Waals surface area (Å²) in [6, 6.07) is 0. The summed E-state index contributed by atoms with van der Waals surface area (Å²) in [6.07, 6.45) is -11.0. The van der Waals surface area contributed by atoms with Crippen molar-refractivity contribution in [3.05, 3.63) is 6.92 Å². The van der Waals surface area contributed by atoms with Crippen LogP contribution in [-0.4, -0.2) is 18.0 Å². The molecule has 0 radical (unpaired) electrons. The quantitative estimate of drug-likeness (QED) is 0.294. The molecule has 0 aromatic carbocycles. The van der Waals surface area contributed by atoms with E-state index in [-0.39, 0.29) is 44.0 Å². The normalized spacial score (nSPS) is 17.2.